The third-order valence-electron chi connectivity index (χ3n) is 8.57. The molecule has 3 rings (SSSR count). The van der Waals surface area contributed by atoms with Crippen molar-refractivity contribution in [2.75, 3.05) is 0 Å². The van der Waals surface area contributed by atoms with Crippen LogP contribution in [0.1, 0.15) is 83.8 Å². The Hall–Kier alpha value is -5.64. The SMILES string of the molecule is CC1NC(=O)C(C)(C)NC(=O)NC(=O)C(C)(C)NC(Cc2ccc(C(=O)c3ccccc3)cc2)NC(=O)C(C)(C)NC(=O)[C@@H](C)NC(=O)[C@H](C)NC1=O. The molecule has 1 aliphatic rings. The summed E-state index contributed by atoms with van der Waals surface area (Å²) in [5.41, 5.74) is -3.02. The molecule has 16 heteroatoms. The smallest absolute Gasteiger partial charge is 0.322 e. The van der Waals surface area contributed by atoms with Gasteiger partial charge in [-0.1, -0.05) is 54.6 Å². The van der Waals surface area contributed by atoms with Crippen molar-refractivity contribution in [3.8, 4) is 0 Å². The predicted octanol–water partition coefficient (Wildman–Crippen LogP) is 0.298. The molecule has 8 N–H and O–H groups in total. The maximum Gasteiger partial charge on any atom is 0.322 e. The summed E-state index contributed by atoms with van der Waals surface area (Å²) in [5, 5.41) is 20.6. The van der Waals surface area contributed by atoms with Crippen molar-refractivity contribution >= 4 is 47.3 Å². The summed E-state index contributed by atoms with van der Waals surface area (Å²) in [4.78, 5) is 105. The van der Waals surface area contributed by atoms with Gasteiger partial charge >= 0.3 is 6.03 Å². The highest BCUT2D eigenvalue weighted by Gasteiger charge is 2.38. The van der Waals surface area contributed by atoms with E-state index in [2.05, 4.69) is 42.5 Å². The summed E-state index contributed by atoms with van der Waals surface area (Å²) in [7, 11) is 0. The molecule has 1 saturated heterocycles. The Morgan fingerprint density at radius 1 is 0.547 bits per heavy atom. The monoisotopic (exact) mass is 734 g/mol. The molecule has 0 spiro atoms. The van der Waals surface area contributed by atoms with Crippen molar-refractivity contribution in [1.82, 2.24) is 42.5 Å². The van der Waals surface area contributed by atoms with Crippen molar-refractivity contribution in [3.05, 3.63) is 71.3 Å². The second kappa shape index (κ2) is 16.8. The van der Waals surface area contributed by atoms with E-state index in [9.17, 15) is 38.4 Å². The highest BCUT2D eigenvalue weighted by atomic mass is 16.2. The van der Waals surface area contributed by atoms with Crippen molar-refractivity contribution in [2.45, 2.75) is 110 Å². The van der Waals surface area contributed by atoms with Crippen molar-refractivity contribution < 1.29 is 38.4 Å². The fourth-order valence-corrected chi connectivity index (χ4v) is 5.12. The number of nitrogens with one attached hydrogen (secondary N) is 8. The average Bonchev–Trinajstić information content (AvgIpc) is 3.07. The van der Waals surface area contributed by atoms with Gasteiger partial charge < -0.3 is 31.9 Å². The van der Waals surface area contributed by atoms with Gasteiger partial charge in [0.1, 0.15) is 29.2 Å². The number of ketones is 1. The molecular weight excluding hydrogens is 684 g/mol. The molecule has 1 fully saturated rings. The molecular formula is C37H50N8O8. The zero-order valence-corrected chi connectivity index (χ0v) is 31.5. The van der Waals surface area contributed by atoms with Gasteiger partial charge in [-0.3, -0.25) is 44.2 Å². The van der Waals surface area contributed by atoms with Crippen molar-refractivity contribution in [3.63, 3.8) is 0 Å². The van der Waals surface area contributed by atoms with Crippen molar-refractivity contribution in [2.24, 2.45) is 0 Å². The first kappa shape index (κ1) is 41.8. The van der Waals surface area contributed by atoms with Crippen LogP contribution in [0.25, 0.3) is 0 Å². The lowest BCUT2D eigenvalue weighted by Crippen LogP contribution is -2.67. The number of carbonyl (C=O) groups is 8. The summed E-state index contributed by atoms with van der Waals surface area (Å²) in [6, 6.07) is 11.1. The number of imide groups is 1. The molecule has 0 radical (unpaired) electrons. The van der Waals surface area contributed by atoms with Crippen LogP contribution < -0.4 is 42.5 Å². The molecule has 4 atom stereocenters. The topological polar surface area (TPSA) is 233 Å². The fraction of sp³-hybridized carbons (Fsp3) is 0.459. The van der Waals surface area contributed by atoms with Gasteiger partial charge in [0.15, 0.2) is 5.78 Å². The van der Waals surface area contributed by atoms with E-state index in [-0.39, 0.29) is 12.2 Å². The first-order valence-corrected chi connectivity index (χ1v) is 17.2. The summed E-state index contributed by atoms with van der Waals surface area (Å²) in [5.74, 6) is -4.51. The minimum atomic E-state index is -1.60. The second-order valence-electron chi connectivity index (χ2n) is 14.7. The van der Waals surface area contributed by atoms with Crippen LogP contribution in [0.15, 0.2) is 54.6 Å². The molecule has 8 amide bonds. The quantitative estimate of drug-likeness (QED) is 0.202. The number of rotatable bonds is 4. The molecule has 16 nitrogen and oxygen atoms in total. The van der Waals surface area contributed by atoms with E-state index in [1.807, 2.05) is 6.07 Å². The van der Waals surface area contributed by atoms with Crippen LogP contribution >= 0.6 is 0 Å². The zero-order chi connectivity index (χ0) is 39.9. The Morgan fingerprint density at radius 3 is 1.58 bits per heavy atom. The van der Waals surface area contributed by atoms with E-state index >= 15 is 0 Å². The van der Waals surface area contributed by atoms with Gasteiger partial charge in [-0.15, -0.1) is 0 Å². The number of amides is 8. The highest BCUT2D eigenvalue weighted by Crippen LogP contribution is 2.15. The molecule has 2 aromatic rings. The van der Waals surface area contributed by atoms with Crippen LogP contribution in [0.3, 0.4) is 0 Å². The van der Waals surface area contributed by atoms with Gasteiger partial charge in [-0.05, 0) is 67.9 Å². The van der Waals surface area contributed by atoms with Crippen LogP contribution in [-0.2, 0) is 35.2 Å². The third-order valence-corrected chi connectivity index (χ3v) is 8.57. The number of benzene rings is 2. The molecule has 286 valence electrons. The molecule has 1 heterocycles. The lowest BCUT2D eigenvalue weighted by atomic mass is 9.98. The van der Waals surface area contributed by atoms with E-state index < -0.39 is 82.4 Å². The van der Waals surface area contributed by atoms with Crippen molar-refractivity contribution in [1.29, 1.82) is 0 Å². The predicted molar refractivity (Wildman–Crippen MR) is 195 cm³/mol. The van der Waals surface area contributed by atoms with Gasteiger partial charge in [0.05, 0.1) is 11.7 Å². The molecule has 53 heavy (non-hydrogen) atoms. The fourth-order valence-electron chi connectivity index (χ4n) is 5.12. The maximum atomic E-state index is 13.7. The third kappa shape index (κ3) is 11.4. The number of carbonyl (C=O) groups excluding carboxylic acids is 8. The Kier molecular flexibility index (Phi) is 13.2. The van der Waals surface area contributed by atoms with E-state index in [0.29, 0.717) is 16.7 Å². The van der Waals surface area contributed by atoms with Gasteiger partial charge in [0.2, 0.25) is 35.4 Å². The van der Waals surface area contributed by atoms with Crippen LogP contribution in [0.5, 0.6) is 0 Å². The maximum absolute atomic E-state index is 13.7. The summed E-state index contributed by atoms with van der Waals surface area (Å²) >= 11 is 0. The molecule has 0 aliphatic carbocycles. The van der Waals surface area contributed by atoms with Crippen LogP contribution in [0.4, 0.5) is 4.79 Å². The Bertz CT molecular complexity index is 1740. The molecule has 2 unspecified atom stereocenters. The minimum absolute atomic E-state index is 0.0972. The zero-order valence-electron chi connectivity index (χ0n) is 31.5. The first-order chi connectivity index (χ1) is 24.5. The van der Waals surface area contributed by atoms with Crippen LogP contribution in [0, 0.1) is 0 Å². The van der Waals surface area contributed by atoms with E-state index in [0.717, 1.165) is 0 Å². The van der Waals surface area contributed by atoms with E-state index in [1.165, 1.54) is 62.3 Å². The highest BCUT2D eigenvalue weighted by molar-refractivity contribution is 6.09. The van der Waals surface area contributed by atoms with E-state index in [4.69, 9.17) is 0 Å². The summed E-state index contributed by atoms with van der Waals surface area (Å²) < 4.78 is 0. The summed E-state index contributed by atoms with van der Waals surface area (Å²) in [6.07, 6.45) is -0.874. The van der Waals surface area contributed by atoms with E-state index in [1.54, 1.807) is 48.5 Å². The number of hydrogen-bond donors (Lipinski definition) is 8. The Labute approximate surface area is 308 Å². The van der Waals surface area contributed by atoms with Gasteiger partial charge in [-0.2, -0.15) is 0 Å². The van der Waals surface area contributed by atoms with Crippen LogP contribution in [0.2, 0.25) is 0 Å². The Balaban J connectivity index is 1.93. The molecule has 2 aromatic carbocycles. The first-order valence-electron chi connectivity index (χ1n) is 17.2. The minimum Gasteiger partial charge on any atom is -0.343 e. The van der Waals surface area contributed by atoms with Gasteiger partial charge in [-0.25, -0.2) is 4.79 Å². The lowest BCUT2D eigenvalue weighted by molar-refractivity contribution is -0.136. The Morgan fingerprint density at radius 2 is 1.02 bits per heavy atom. The molecule has 0 bridgehead atoms. The molecule has 0 aromatic heterocycles. The largest absolute Gasteiger partial charge is 0.343 e. The average molecular weight is 735 g/mol. The molecule has 0 saturated carbocycles. The normalized spacial score (nSPS) is 24.7. The van der Waals surface area contributed by atoms with Gasteiger partial charge in [0.25, 0.3) is 0 Å². The second-order valence-corrected chi connectivity index (χ2v) is 14.7. The van der Waals surface area contributed by atoms with Crippen LogP contribution in [-0.4, -0.2) is 88.2 Å². The number of urea groups is 1. The lowest BCUT2D eigenvalue weighted by Gasteiger charge is -2.34. The standard InChI is InChI=1S/C37H50N8O8/c1-20-28(47)39-22(3)30(49)44-36(6,7)32(51)41-26(19-23-15-17-25(18-16-23)27(46)24-13-11-10-12-14-24)43-35(4,5)33(52)42-34(53)45-37(8,9)31(50)40-21(2)29(48)38-20/h10-18,20-22,26,43H,19H2,1-9H3,(H,38,48)(H,39,47)(H,40,50)(H,41,51)(H,44,49)(H2,42,45,52,53)/t20-,21?,22+,26?/m0/s1. The molecule has 1 aliphatic heterocycles. The number of hydrogen-bond acceptors (Lipinski definition) is 9. The summed E-state index contributed by atoms with van der Waals surface area (Å²) in [6.45, 7) is 12.8. The van der Waals surface area contributed by atoms with Gasteiger partial charge in [0, 0.05) is 17.5 Å².